The van der Waals surface area contributed by atoms with E-state index in [0.29, 0.717) is 49.4 Å². The topological polar surface area (TPSA) is 127 Å². The third kappa shape index (κ3) is 8.08. The monoisotopic (exact) mass is 650 g/mol. The van der Waals surface area contributed by atoms with Crippen molar-refractivity contribution < 1.29 is 28.6 Å². The lowest BCUT2D eigenvalue weighted by Crippen LogP contribution is -2.32. The molecule has 198 valence electrons. The van der Waals surface area contributed by atoms with Gasteiger partial charge in [-0.25, -0.2) is 5.43 Å². The highest BCUT2D eigenvalue weighted by atomic mass is 127. The van der Waals surface area contributed by atoms with Gasteiger partial charge < -0.3 is 24.8 Å². The van der Waals surface area contributed by atoms with Gasteiger partial charge in [0.25, 0.3) is 5.91 Å². The molecule has 0 aliphatic heterocycles. The first kappa shape index (κ1) is 28.7. The lowest BCUT2D eigenvalue weighted by atomic mass is 10.2. The van der Waals surface area contributed by atoms with Crippen molar-refractivity contribution in [2.45, 2.75) is 6.92 Å². The first-order chi connectivity index (χ1) is 18.3. The maximum absolute atomic E-state index is 12.3. The molecule has 0 aliphatic rings. The minimum Gasteiger partial charge on any atom is -0.493 e. The average molecular weight is 651 g/mol. The molecule has 0 aliphatic carbocycles. The van der Waals surface area contributed by atoms with Gasteiger partial charge in [0.1, 0.15) is 5.75 Å². The van der Waals surface area contributed by atoms with E-state index in [1.165, 1.54) is 13.3 Å². The maximum Gasteiger partial charge on any atom is 0.329 e. The molecule has 0 heterocycles. The first-order valence-corrected chi connectivity index (χ1v) is 12.7. The second-order valence-corrected chi connectivity index (χ2v) is 9.00. The van der Waals surface area contributed by atoms with Crippen molar-refractivity contribution in [3.05, 3.63) is 74.8 Å². The smallest absolute Gasteiger partial charge is 0.329 e. The molecule has 0 fully saturated rings. The number of nitrogens with zero attached hydrogens (tertiary/aromatic N) is 1. The highest BCUT2D eigenvalue weighted by Crippen LogP contribution is 2.33. The molecular weight excluding hydrogens is 627 g/mol. The molecule has 0 spiro atoms. The lowest BCUT2D eigenvalue weighted by molar-refractivity contribution is -0.136. The molecule has 0 saturated heterocycles. The van der Waals surface area contributed by atoms with Gasteiger partial charge in [0.15, 0.2) is 18.1 Å². The number of methoxy groups -OCH3 is 1. The maximum atomic E-state index is 12.3. The van der Waals surface area contributed by atoms with Crippen molar-refractivity contribution in [1.29, 1.82) is 0 Å². The summed E-state index contributed by atoms with van der Waals surface area (Å²) in [6.07, 6.45) is 1.35. The van der Waals surface area contributed by atoms with Gasteiger partial charge in [0.2, 0.25) is 0 Å². The first-order valence-electron chi connectivity index (χ1n) is 11.2. The van der Waals surface area contributed by atoms with Gasteiger partial charge in [-0.3, -0.25) is 14.4 Å². The molecule has 3 rings (SSSR count). The van der Waals surface area contributed by atoms with E-state index in [1.54, 1.807) is 60.7 Å². The molecule has 3 N–H and O–H groups in total. The predicted molar refractivity (Wildman–Crippen MR) is 153 cm³/mol. The summed E-state index contributed by atoms with van der Waals surface area (Å²) in [6, 6.07) is 17.0. The Morgan fingerprint density at radius 2 is 1.66 bits per heavy atom. The Hall–Kier alpha value is -3.84. The van der Waals surface area contributed by atoms with Crippen molar-refractivity contribution in [2.75, 3.05) is 31.0 Å². The molecule has 0 unspecified atom stereocenters. The molecule has 38 heavy (non-hydrogen) atoms. The van der Waals surface area contributed by atoms with E-state index in [1.807, 2.05) is 29.5 Å². The number of rotatable bonds is 10. The van der Waals surface area contributed by atoms with Crippen molar-refractivity contribution in [1.82, 2.24) is 5.43 Å². The van der Waals surface area contributed by atoms with Gasteiger partial charge in [0, 0.05) is 0 Å². The number of carbonyl (C=O) groups excluding carboxylic acids is 3. The molecule has 0 saturated carbocycles. The summed E-state index contributed by atoms with van der Waals surface area (Å²) in [4.78, 5) is 36.7. The highest BCUT2D eigenvalue weighted by Gasteiger charge is 2.16. The fourth-order valence-electron chi connectivity index (χ4n) is 3.09. The largest absolute Gasteiger partial charge is 0.493 e. The molecule has 0 radical (unpaired) electrons. The van der Waals surface area contributed by atoms with Gasteiger partial charge in [0.05, 0.1) is 39.9 Å². The third-order valence-corrected chi connectivity index (χ3v) is 5.90. The van der Waals surface area contributed by atoms with Crippen LogP contribution in [0, 0.1) is 3.57 Å². The molecule has 3 aromatic rings. The number of hydrogen-bond acceptors (Lipinski definition) is 7. The Kier molecular flexibility index (Phi) is 10.7. The van der Waals surface area contributed by atoms with Gasteiger partial charge >= 0.3 is 11.8 Å². The Morgan fingerprint density at radius 1 is 0.947 bits per heavy atom. The minimum atomic E-state index is -0.960. The molecule has 0 bridgehead atoms. The average Bonchev–Trinajstić information content (AvgIpc) is 2.90. The van der Waals surface area contributed by atoms with Crippen molar-refractivity contribution in [2.24, 2.45) is 5.10 Å². The number of carbonyl (C=O) groups is 3. The fourth-order valence-corrected chi connectivity index (χ4v) is 4.05. The van der Waals surface area contributed by atoms with E-state index in [-0.39, 0.29) is 6.61 Å². The van der Waals surface area contributed by atoms with Crippen LogP contribution >= 0.6 is 34.2 Å². The number of halogens is 2. The van der Waals surface area contributed by atoms with Crippen molar-refractivity contribution in [3.63, 3.8) is 0 Å². The van der Waals surface area contributed by atoms with Crippen LogP contribution < -0.4 is 30.3 Å². The number of nitrogens with one attached hydrogen (secondary N) is 3. The zero-order chi connectivity index (χ0) is 27.5. The summed E-state index contributed by atoms with van der Waals surface area (Å²) in [5.74, 6) is -1.10. The van der Waals surface area contributed by atoms with Gasteiger partial charge in [-0.15, -0.1) is 0 Å². The van der Waals surface area contributed by atoms with Crippen LogP contribution in [0.5, 0.6) is 17.2 Å². The minimum absolute atomic E-state index is 0.275. The van der Waals surface area contributed by atoms with E-state index >= 15 is 0 Å². The molecule has 3 aromatic carbocycles. The lowest BCUT2D eigenvalue weighted by Gasteiger charge is -2.14. The van der Waals surface area contributed by atoms with E-state index < -0.39 is 17.7 Å². The molecule has 3 amide bonds. The summed E-state index contributed by atoms with van der Waals surface area (Å²) in [6.45, 7) is 1.95. The Bertz CT molecular complexity index is 1350. The molecule has 0 atom stereocenters. The van der Waals surface area contributed by atoms with Gasteiger partial charge in [-0.2, -0.15) is 5.10 Å². The van der Waals surface area contributed by atoms with Crippen molar-refractivity contribution >= 4 is 69.5 Å². The number of hydrazone groups is 1. The number of ether oxygens (including phenoxy) is 3. The highest BCUT2D eigenvalue weighted by molar-refractivity contribution is 14.1. The summed E-state index contributed by atoms with van der Waals surface area (Å²) < 4.78 is 17.1. The summed E-state index contributed by atoms with van der Waals surface area (Å²) >= 11 is 8.09. The number of anilines is 2. The molecule has 0 aromatic heterocycles. The van der Waals surface area contributed by atoms with E-state index in [0.717, 1.165) is 0 Å². The van der Waals surface area contributed by atoms with Crippen LogP contribution in [0.1, 0.15) is 12.5 Å². The number of benzene rings is 3. The second-order valence-electron chi connectivity index (χ2n) is 7.43. The normalized spacial score (nSPS) is 10.5. The SMILES string of the molecule is CCOc1ccccc1NC(=O)C(=O)N/N=C\c1cc(I)c(OCC(=O)Nc2ccccc2Cl)c(OC)c1. The predicted octanol–water partition coefficient (Wildman–Crippen LogP) is 4.46. The Labute approximate surface area is 237 Å². The van der Waals surface area contributed by atoms with E-state index in [4.69, 9.17) is 25.8 Å². The Balaban J connectivity index is 1.59. The van der Waals surface area contributed by atoms with Crippen LogP contribution in [0.2, 0.25) is 5.02 Å². The standard InChI is InChI=1S/C26H24ClIN4O6/c1-3-37-21-11-7-6-10-20(21)31-25(34)26(35)32-29-14-16-12-18(28)24(22(13-16)36-2)38-15-23(33)30-19-9-5-4-8-17(19)27/h4-14H,3,15H2,1-2H3,(H,30,33)(H,31,34)(H,32,35)/b29-14-. The van der Waals surface area contributed by atoms with Crippen LogP contribution in [-0.4, -0.2) is 44.3 Å². The van der Waals surface area contributed by atoms with Crippen molar-refractivity contribution in [3.8, 4) is 17.2 Å². The summed E-state index contributed by atoms with van der Waals surface area (Å²) in [5, 5.41) is 9.43. The second kappa shape index (κ2) is 14.2. The van der Waals surface area contributed by atoms with Crippen LogP contribution in [0.25, 0.3) is 0 Å². The molecule has 10 nitrogen and oxygen atoms in total. The van der Waals surface area contributed by atoms with E-state index in [9.17, 15) is 14.4 Å². The zero-order valence-corrected chi connectivity index (χ0v) is 23.3. The third-order valence-electron chi connectivity index (χ3n) is 4.77. The quantitative estimate of drug-likeness (QED) is 0.129. The molecular formula is C26H24ClIN4O6. The van der Waals surface area contributed by atoms with E-state index in [2.05, 4.69) is 21.2 Å². The molecule has 12 heteroatoms. The number of para-hydroxylation sites is 3. The van der Waals surface area contributed by atoms with Gasteiger partial charge in [-0.05, 0) is 71.5 Å². The van der Waals surface area contributed by atoms with Crippen LogP contribution in [-0.2, 0) is 14.4 Å². The fraction of sp³-hybridized carbons (Fsp3) is 0.154. The number of amides is 3. The Morgan fingerprint density at radius 3 is 2.37 bits per heavy atom. The summed E-state index contributed by atoms with van der Waals surface area (Å²) in [5.41, 5.74) is 3.58. The van der Waals surface area contributed by atoms with Crippen LogP contribution in [0.15, 0.2) is 65.8 Å². The van der Waals surface area contributed by atoms with Crippen LogP contribution in [0.4, 0.5) is 11.4 Å². The summed E-state index contributed by atoms with van der Waals surface area (Å²) in [7, 11) is 1.45. The zero-order valence-electron chi connectivity index (χ0n) is 20.4. The van der Waals surface area contributed by atoms with Gasteiger partial charge in [-0.1, -0.05) is 35.9 Å². The van der Waals surface area contributed by atoms with Crippen LogP contribution in [0.3, 0.4) is 0 Å². The number of hydrogen-bond donors (Lipinski definition) is 3.